The summed E-state index contributed by atoms with van der Waals surface area (Å²) in [6.45, 7) is 4.29. The molecule has 0 unspecified atom stereocenters. The van der Waals surface area contributed by atoms with E-state index in [1.165, 1.54) is 38.8 Å². The highest BCUT2D eigenvalue weighted by molar-refractivity contribution is 9.10. The minimum absolute atomic E-state index is 0.168. The van der Waals surface area contributed by atoms with Gasteiger partial charge in [0.15, 0.2) is 0 Å². The second-order valence-corrected chi connectivity index (χ2v) is 7.31. The molecule has 0 spiro atoms. The van der Waals surface area contributed by atoms with Gasteiger partial charge in [0.05, 0.1) is 5.56 Å². The average Bonchev–Trinajstić information content (AvgIpc) is 2.84. The van der Waals surface area contributed by atoms with E-state index in [1.807, 2.05) is 29.2 Å². The molecule has 3 nitrogen and oxygen atoms in total. The van der Waals surface area contributed by atoms with E-state index < -0.39 is 0 Å². The Morgan fingerprint density at radius 2 is 1.59 bits per heavy atom. The summed E-state index contributed by atoms with van der Waals surface area (Å²) >= 11 is 3.49. The zero-order valence-corrected chi connectivity index (χ0v) is 14.7. The summed E-state index contributed by atoms with van der Waals surface area (Å²) in [5.41, 5.74) is 0.788. The first kappa shape index (κ1) is 16.0. The van der Waals surface area contributed by atoms with Gasteiger partial charge in [0, 0.05) is 23.6 Å². The standard InChI is InChI=1S/C18H25BrN2O/c19-17-8-4-3-7-16(17)18(22)21-13-9-15(10-14-21)20-11-5-1-2-6-12-20/h3-4,7-8,15H,1-2,5-6,9-14H2. The van der Waals surface area contributed by atoms with Crippen molar-refractivity contribution in [2.45, 2.75) is 44.6 Å². The molecule has 22 heavy (non-hydrogen) atoms. The molecule has 3 rings (SSSR count). The average molecular weight is 365 g/mol. The fourth-order valence-electron chi connectivity index (χ4n) is 3.70. The van der Waals surface area contributed by atoms with Crippen LogP contribution in [0.5, 0.6) is 0 Å². The van der Waals surface area contributed by atoms with Crippen molar-refractivity contribution in [1.82, 2.24) is 9.80 Å². The summed E-state index contributed by atoms with van der Waals surface area (Å²) in [7, 11) is 0. The van der Waals surface area contributed by atoms with Gasteiger partial charge in [0.25, 0.3) is 5.91 Å². The molecule has 1 aromatic rings. The van der Waals surface area contributed by atoms with Crippen LogP contribution >= 0.6 is 15.9 Å². The highest BCUT2D eigenvalue weighted by Gasteiger charge is 2.28. The van der Waals surface area contributed by atoms with Gasteiger partial charge in [-0.05, 0) is 66.8 Å². The molecule has 4 heteroatoms. The maximum Gasteiger partial charge on any atom is 0.254 e. The van der Waals surface area contributed by atoms with Crippen LogP contribution < -0.4 is 0 Å². The van der Waals surface area contributed by atoms with Gasteiger partial charge < -0.3 is 9.80 Å². The smallest absolute Gasteiger partial charge is 0.254 e. The third-order valence-electron chi connectivity index (χ3n) is 5.01. The number of likely N-dealkylation sites (tertiary alicyclic amines) is 2. The van der Waals surface area contributed by atoms with Crippen LogP contribution in [0.2, 0.25) is 0 Å². The first-order valence-corrected chi connectivity index (χ1v) is 9.33. The van der Waals surface area contributed by atoms with Crippen molar-refractivity contribution in [3.8, 4) is 0 Å². The number of benzene rings is 1. The Bertz CT molecular complexity index is 504. The Morgan fingerprint density at radius 1 is 0.955 bits per heavy atom. The summed E-state index contributed by atoms with van der Waals surface area (Å²) < 4.78 is 0.898. The van der Waals surface area contributed by atoms with Crippen LogP contribution in [-0.4, -0.2) is 47.9 Å². The number of nitrogens with zero attached hydrogens (tertiary/aromatic N) is 2. The van der Waals surface area contributed by atoms with Gasteiger partial charge in [-0.2, -0.15) is 0 Å². The molecule has 1 amide bonds. The maximum absolute atomic E-state index is 12.6. The first-order chi connectivity index (χ1) is 10.8. The number of rotatable bonds is 2. The number of hydrogen-bond donors (Lipinski definition) is 0. The normalized spacial score (nSPS) is 21.6. The lowest BCUT2D eigenvalue weighted by molar-refractivity contribution is 0.0622. The lowest BCUT2D eigenvalue weighted by atomic mass is 10.0. The predicted octanol–water partition coefficient (Wildman–Crippen LogP) is 3.93. The van der Waals surface area contributed by atoms with E-state index in [0.717, 1.165) is 36.0 Å². The van der Waals surface area contributed by atoms with Crippen molar-refractivity contribution in [3.05, 3.63) is 34.3 Å². The molecule has 0 atom stereocenters. The van der Waals surface area contributed by atoms with Gasteiger partial charge in [-0.1, -0.05) is 25.0 Å². The molecule has 0 radical (unpaired) electrons. The predicted molar refractivity (Wildman–Crippen MR) is 93.1 cm³/mol. The molecule has 0 bridgehead atoms. The van der Waals surface area contributed by atoms with Crippen molar-refractivity contribution < 1.29 is 4.79 Å². The van der Waals surface area contributed by atoms with Crippen molar-refractivity contribution in [2.24, 2.45) is 0 Å². The Morgan fingerprint density at radius 3 is 2.23 bits per heavy atom. The molecule has 120 valence electrons. The molecule has 2 heterocycles. The van der Waals surface area contributed by atoms with E-state index in [4.69, 9.17) is 0 Å². The Kier molecular flexibility index (Phi) is 5.53. The number of halogens is 1. The van der Waals surface area contributed by atoms with Crippen molar-refractivity contribution >= 4 is 21.8 Å². The van der Waals surface area contributed by atoms with Gasteiger partial charge in [-0.3, -0.25) is 4.79 Å². The molecule has 2 aliphatic heterocycles. The number of hydrogen-bond acceptors (Lipinski definition) is 2. The van der Waals surface area contributed by atoms with Crippen LogP contribution in [0.4, 0.5) is 0 Å². The van der Waals surface area contributed by atoms with Gasteiger partial charge in [-0.15, -0.1) is 0 Å². The van der Waals surface area contributed by atoms with E-state index in [0.29, 0.717) is 6.04 Å². The SMILES string of the molecule is O=C(c1ccccc1Br)N1CCC(N2CCCCCC2)CC1. The van der Waals surface area contributed by atoms with E-state index in [-0.39, 0.29) is 5.91 Å². The summed E-state index contributed by atoms with van der Waals surface area (Å²) in [5.74, 6) is 0.168. The van der Waals surface area contributed by atoms with Crippen molar-refractivity contribution in [2.75, 3.05) is 26.2 Å². The summed E-state index contributed by atoms with van der Waals surface area (Å²) in [6.07, 6.45) is 7.70. The van der Waals surface area contributed by atoms with Crippen LogP contribution in [0.15, 0.2) is 28.7 Å². The fraction of sp³-hybridized carbons (Fsp3) is 0.611. The lowest BCUT2D eigenvalue weighted by Gasteiger charge is -2.38. The second kappa shape index (κ2) is 7.60. The second-order valence-electron chi connectivity index (χ2n) is 6.45. The van der Waals surface area contributed by atoms with Gasteiger partial charge in [-0.25, -0.2) is 0 Å². The summed E-state index contributed by atoms with van der Waals surface area (Å²) in [6, 6.07) is 8.42. The Labute approximate surface area is 141 Å². The van der Waals surface area contributed by atoms with Crippen LogP contribution in [0.3, 0.4) is 0 Å². The molecule has 2 aliphatic rings. The van der Waals surface area contributed by atoms with E-state index in [2.05, 4.69) is 20.8 Å². The number of carbonyl (C=O) groups excluding carboxylic acids is 1. The molecule has 2 fully saturated rings. The highest BCUT2D eigenvalue weighted by Crippen LogP contribution is 2.23. The molecule has 0 N–H and O–H groups in total. The zero-order chi connectivity index (χ0) is 15.4. The van der Waals surface area contributed by atoms with E-state index in [9.17, 15) is 4.79 Å². The van der Waals surface area contributed by atoms with Crippen molar-refractivity contribution in [1.29, 1.82) is 0 Å². The number of carbonyl (C=O) groups is 1. The molecule has 0 saturated carbocycles. The van der Waals surface area contributed by atoms with Crippen LogP contribution in [0, 0.1) is 0 Å². The van der Waals surface area contributed by atoms with Gasteiger partial charge in [0.2, 0.25) is 0 Å². The third-order valence-corrected chi connectivity index (χ3v) is 5.70. The Hall–Kier alpha value is -0.870. The minimum atomic E-state index is 0.168. The lowest BCUT2D eigenvalue weighted by Crippen LogP contribution is -2.47. The first-order valence-electron chi connectivity index (χ1n) is 8.53. The number of amides is 1. The highest BCUT2D eigenvalue weighted by atomic mass is 79.9. The summed E-state index contributed by atoms with van der Waals surface area (Å²) in [5, 5.41) is 0. The largest absolute Gasteiger partial charge is 0.338 e. The quantitative estimate of drug-likeness (QED) is 0.793. The zero-order valence-electron chi connectivity index (χ0n) is 13.1. The van der Waals surface area contributed by atoms with Gasteiger partial charge >= 0.3 is 0 Å². The minimum Gasteiger partial charge on any atom is -0.338 e. The molecule has 2 saturated heterocycles. The van der Waals surface area contributed by atoms with E-state index >= 15 is 0 Å². The van der Waals surface area contributed by atoms with Gasteiger partial charge in [0.1, 0.15) is 0 Å². The maximum atomic E-state index is 12.6. The molecule has 1 aromatic carbocycles. The van der Waals surface area contributed by atoms with Crippen LogP contribution in [0.1, 0.15) is 48.9 Å². The Balaban J connectivity index is 1.57. The molecular formula is C18H25BrN2O. The van der Waals surface area contributed by atoms with Crippen LogP contribution in [-0.2, 0) is 0 Å². The molecule has 0 aromatic heterocycles. The third kappa shape index (κ3) is 3.72. The monoisotopic (exact) mass is 364 g/mol. The van der Waals surface area contributed by atoms with Crippen molar-refractivity contribution in [3.63, 3.8) is 0 Å². The summed E-state index contributed by atoms with van der Waals surface area (Å²) in [4.78, 5) is 17.3. The molecular weight excluding hydrogens is 340 g/mol. The van der Waals surface area contributed by atoms with E-state index in [1.54, 1.807) is 0 Å². The fourth-order valence-corrected chi connectivity index (χ4v) is 4.15. The topological polar surface area (TPSA) is 23.6 Å². The molecule has 0 aliphatic carbocycles. The number of piperidine rings is 1. The van der Waals surface area contributed by atoms with Crippen LogP contribution in [0.25, 0.3) is 0 Å².